The number of benzene rings is 1. The van der Waals surface area contributed by atoms with Crippen molar-refractivity contribution in [3.8, 4) is 0 Å². The lowest BCUT2D eigenvalue weighted by atomic mass is 10.1. The predicted molar refractivity (Wildman–Crippen MR) is 88.5 cm³/mol. The van der Waals surface area contributed by atoms with Crippen molar-refractivity contribution in [3.05, 3.63) is 23.8 Å². The first-order valence-corrected chi connectivity index (χ1v) is 8.46. The topological polar surface area (TPSA) is 101 Å². The first-order valence-electron chi connectivity index (χ1n) is 6.97. The summed E-state index contributed by atoms with van der Waals surface area (Å²) in [6.45, 7) is 4.75. The maximum absolute atomic E-state index is 13.9. The van der Waals surface area contributed by atoms with E-state index >= 15 is 0 Å². The van der Waals surface area contributed by atoms with Crippen LogP contribution < -0.4 is 15.8 Å². The van der Waals surface area contributed by atoms with Crippen molar-refractivity contribution in [1.82, 2.24) is 4.72 Å². The van der Waals surface area contributed by atoms with Crippen LogP contribution in [0.1, 0.15) is 33.6 Å². The SMILES string of the molecule is CC(C)(C)NS(=O)(=O)c1cc(NC(=O)C2(N)CC2)c(F)cc1F.Cl. The summed E-state index contributed by atoms with van der Waals surface area (Å²) in [7, 11) is -4.22. The van der Waals surface area contributed by atoms with E-state index in [4.69, 9.17) is 5.73 Å². The van der Waals surface area contributed by atoms with Crippen molar-refractivity contribution >= 4 is 34.0 Å². The third-order valence-corrected chi connectivity index (χ3v) is 5.01. The molecule has 0 atom stereocenters. The molecule has 0 saturated heterocycles. The summed E-state index contributed by atoms with van der Waals surface area (Å²) in [4.78, 5) is 11.1. The quantitative estimate of drug-likeness (QED) is 0.739. The van der Waals surface area contributed by atoms with Crippen molar-refractivity contribution in [2.45, 2.75) is 49.6 Å². The van der Waals surface area contributed by atoms with Gasteiger partial charge in [0.25, 0.3) is 0 Å². The summed E-state index contributed by atoms with van der Waals surface area (Å²) in [6, 6.07) is 1.17. The summed E-state index contributed by atoms with van der Waals surface area (Å²) in [5.74, 6) is -2.95. The van der Waals surface area contributed by atoms with E-state index in [9.17, 15) is 22.0 Å². The van der Waals surface area contributed by atoms with Gasteiger partial charge in [-0.1, -0.05) is 0 Å². The minimum atomic E-state index is -4.22. The molecule has 10 heteroatoms. The van der Waals surface area contributed by atoms with Crippen LogP contribution in [0.2, 0.25) is 0 Å². The Labute approximate surface area is 145 Å². The van der Waals surface area contributed by atoms with Gasteiger partial charge in [-0.15, -0.1) is 12.4 Å². The van der Waals surface area contributed by atoms with E-state index in [-0.39, 0.29) is 12.4 Å². The lowest BCUT2D eigenvalue weighted by Crippen LogP contribution is -2.41. The van der Waals surface area contributed by atoms with Crippen molar-refractivity contribution in [2.75, 3.05) is 5.32 Å². The number of nitrogens with one attached hydrogen (secondary N) is 2. The van der Waals surface area contributed by atoms with Crippen LogP contribution in [0.5, 0.6) is 0 Å². The van der Waals surface area contributed by atoms with E-state index in [1.807, 2.05) is 0 Å². The van der Waals surface area contributed by atoms with Crippen LogP contribution >= 0.6 is 12.4 Å². The fraction of sp³-hybridized carbons (Fsp3) is 0.500. The van der Waals surface area contributed by atoms with Gasteiger partial charge in [-0.3, -0.25) is 4.79 Å². The Hall–Kier alpha value is -1.29. The molecule has 0 radical (unpaired) electrons. The zero-order chi connectivity index (χ0) is 17.6. The van der Waals surface area contributed by atoms with Crippen molar-refractivity contribution in [1.29, 1.82) is 0 Å². The molecule has 2 rings (SSSR count). The highest BCUT2D eigenvalue weighted by Gasteiger charge is 2.46. The Balaban J connectivity index is 0.00000288. The fourth-order valence-electron chi connectivity index (χ4n) is 1.90. The molecule has 1 aliphatic rings. The number of hydrogen-bond donors (Lipinski definition) is 3. The van der Waals surface area contributed by atoms with Crippen LogP contribution in [0.3, 0.4) is 0 Å². The molecule has 1 aliphatic carbocycles. The van der Waals surface area contributed by atoms with Gasteiger partial charge in [0, 0.05) is 11.6 Å². The smallest absolute Gasteiger partial charge is 0.244 e. The minimum absolute atomic E-state index is 0. The zero-order valence-electron chi connectivity index (χ0n) is 13.4. The third kappa shape index (κ3) is 4.62. The highest BCUT2D eigenvalue weighted by molar-refractivity contribution is 7.89. The molecular weight excluding hydrogens is 364 g/mol. The van der Waals surface area contributed by atoms with Gasteiger partial charge in [0.1, 0.15) is 16.5 Å². The van der Waals surface area contributed by atoms with Crippen molar-refractivity contribution in [3.63, 3.8) is 0 Å². The van der Waals surface area contributed by atoms with Gasteiger partial charge in [-0.25, -0.2) is 21.9 Å². The number of carbonyl (C=O) groups is 1. The van der Waals surface area contributed by atoms with E-state index in [0.717, 1.165) is 6.07 Å². The summed E-state index contributed by atoms with van der Waals surface area (Å²) in [6.07, 6.45) is 0.913. The number of anilines is 1. The van der Waals surface area contributed by atoms with E-state index < -0.39 is 49.2 Å². The Morgan fingerprint density at radius 2 is 1.75 bits per heavy atom. The van der Waals surface area contributed by atoms with E-state index in [1.54, 1.807) is 20.8 Å². The first-order chi connectivity index (χ1) is 10.3. The molecule has 0 bridgehead atoms. The molecule has 0 spiro atoms. The number of halogens is 3. The number of carbonyl (C=O) groups excluding carboxylic acids is 1. The Bertz CT molecular complexity index is 759. The molecular formula is C14H20ClF2N3O3S. The molecule has 0 aromatic heterocycles. The third-order valence-electron chi connectivity index (χ3n) is 3.24. The molecule has 1 fully saturated rings. The largest absolute Gasteiger partial charge is 0.322 e. The maximum Gasteiger partial charge on any atom is 0.244 e. The van der Waals surface area contributed by atoms with Crippen LogP contribution in [0, 0.1) is 11.6 Å². The second-order valence-corrected chi connectivity index (χ2v) is 8.38. The standard InChI is InChI=1S/C14H19F2N3O3S.ClH/c1-13(2,3)19-23(21,22)11-7-10(8(15)6-9(11)16)18-12(20)14(17)4-5-14;/h6-7,19H,4-5,17H2,1-3H3,(H,18,20);1H. The summed E-state index contributed by atoms with van der Waals surface area (Å²) in [5.41, 5.74) is 3.34. The van der Waals surface area contributed by atoms with Crippen LogP contribution in [-0.4, -0.2) is 25.4 Å². The second-order valence-electron chi connectivity index (χ2n) is 6.73. The van der Waals surface area contributed by atoms with Gasteiger partial charge >= 0.3 is 0 Å². The normalized spacial score (nSPS) is 16.2. The van der Waals surface area contributed by atoms with E-state index in [2.05, 4.69) is 10.0 Å². The number of rotatable bonds is 4. The molecule has 1 amide bonds. The second kappa shape index (κ2) is 6.55. The van der Waals surface area contributed by atoms with E-state index in [0.29, 0.717) is 18.9 Å². The van der Waals surface area contributed by atoms with Gasteiger partial charge in [-0.2, -0.15) is 0 Å². The Kier molecular flexibility index (Phi) is 5.66. The molecule has 0 aliphatic heterocycles. The number of hydrogen-bond acceptors (Lipinski definition) is 4. The number of amides is 1. The number of sulfonamides is 1. The summed E-state index contributed by atoms with van der Waals surface area (Å²) < 4.78 is 54.4. The first kappa shape index (κ1) is 20.8. The highest BCUT2D eigenvalue weighted by Crippen LogP contribution is 2.34. The molecule has 24 heavy (non-hydrogen) atoms. The van der Waals surface area contributed by atoms with Crippen molar-refractivity contribution < 1.29 is 22.0 Å². The molecule has 6 nitrogen and oxygen atoms in total. The van der Waals surface area contributed by atoms with Gasteiger partial charge in [0.05, 0.1) is 11.2 Å². The lowest BCUT2D eigenvalue weighted by Gasteiger charge is -2.21. The molecule has 1 saturated carbocycles. The molecule has 1 aromatic carbocycles. The minimum Gasteiger partial charge on any atom is -0.322 e. The van der Waals surface area contributed by atoms with Gasteiger partial charge < -0.3 is 11.1 Å². The van der Waals surface area contributed by atoms with Gasteiger partial charge in [-0.05, 0) is 39.7 Å². The number of nitrogens with two attached hydrogens (primary N) is 1. The lowest BCUT2D eigenvalue weighted by molar-refractivity contribution is -0.118. The highest BCUT2D eigenvalue weighted by atomic mass is 35.5. The summed E-state index contributed by atoms with van der Waals surface area (Å²) >= 11 is 0. The Morgan fingerprint density at radius 1 is 1.21 bits per heavy atom. The monoisotopic (exact) mass is 383 g/mol. The van der Waals surface area contributed by atoms with Crippen molar-refractivity contribution in [2.24, 2.45) is 5.73 Å². The van der Waals surface area contributed by atoms with E-state index in [1.165, 1.54) is 0 Å². The van der Waals surface area contributed by atoms with Crippen LogP contribution in [0.15, 0.2) is 17.0 Å². The van der Waals surface area contributed by atoms with Gasteiger partial charge in [0.15, 0.2) is 0 Å². The maximum atomic E-state index is 13.9. The fourth-order valence-corrected chi connectivity index (χ4v) is 3.40. The molecule has 4 N–H and O–H groups in total. The molecule has 0 heterocycles. The van der Waals surface area contributed by atoms with Gasteiger partial charge in [0.2, 0.25) is 15.9 Å². The molecule has 136 valence electrons. The zero-order valence-corrected chi connectivity index (χ0v) is 15.1. The summed E-state index contributed by atoms with van der Waals surface area (Å²) in [5, 5.41) is 2.22. The Morgan fingerprint density at radius 3 is 2.21 bits per heavy atom. The van der Waals surface area contributed by atoms with Crippen LogP contribution in [-0.2, 0) is 14.8 Å². The average molecular weight is 384 g/mol. The van der Waals surface area contributed by atoms with Crippen LogP contribution in [0.25, 0.3) is 0 Å². The molecule has 1 aromatic rings. The predicted octanol–water partition coefficient (Wildman–Crippen LogP) is 1.89. The molecule has 0 unspecified atom stereocenters. The average Bonchev–Trinajstić information content (AvgIpc) is 3.08. The van der Waals surface area contributed by atoms with Crippen LogP contribution in [0.4, 0.5) is 14.5 Å².